The smallest absolute Gasteiger partial charge is 0.216 e. The molecule has 8 nitrogen and oxygen atoms in total. The highest BCUT2D eigenvalue weighted by atomic mass is 16.3. The molecule has 2 aromatic rings. The predicted octanol–water partition coefficient (Wildman–Crippen LogP) is 2.00. The molecule has 0 saturated carbocycles. The van der Waals surface area contributed by atoms with E-state index in [2.05, 4.69) is 35.7 Å². The summed E-state index contributed by atoms with van der Waals surface area (Å²) in [5.41, 5.74) is 0. The van der Waals surface area contributed by atoms with Crippen molar-refractivity contribution in [3.8, 4) is 11.6 Å². The number of aliphatic imine (C=N–C) groups is 1. The van der Waals surface area contributed by atoms with Gasteiger partial charge in [0.1, 0.15) is 5.82 Å². The van der Waals surface area contributed by atoms with E-state index in [1.807, 2.05) is 12.1 Å². The van der Waals surface area contributed by atoms with Gasteiger partial charge >= 0.3 is 0 Å². The Balaban J connectivity index is 1.35. The van der Waals surface area contributed by atoms with Crippen LogP contribution in [0.2, 0.25) is 0 Å². The third-order valence-corrected chi connectivity index (χ3v) is 4.56. The lowest BCUT2D eigenvalue weighted by Crippen LogP contribution is -2.38. The quantitative estimate of drug-likeness (QED) is 0.398. The van der Waals surface area contributed by atoms with Crippen molar-refractivity contribution in [2.75, 3.05) is 33.2 Å². The number of aromatic nitrogens is 3. The van der Waals surface area contributed by atoms with E-state index in [9.17, 15) is 0 Å². The lowest BCUT2D eigenvalue weighted by atomic mass is 10.2. The Kier molecular flexibility index (Phi) is 7.06. The molecule has 3 heterocycles. The molecule has 3 N–H and O–H groups in total. The summed E-state index contributed by atoms with van der Waals surface area (Å²) in [5.74, 6) is 2.73. The standard InChI is InChI=1S/C18H29N7O/c1-19-18(20-9-7-12-25-10-4-2-3-5-11-25)21-14-16-22-17(24-23-16)15-8-6-13-26-15/h6,8,13H,2-5,7,9-12,14H2,1H3,(H2,19,20,21)(H,22,23,24). The zero-order valence-corrected chi connectivity index (χ0v) is 15.5. The summed E-state index contributed by atoms with van der Waals surface area (Å²) in [7, 11) is 1.78. The van der Waals surface area contributed by atoms with Gasteiger partial charge in [-0.1, -0.05) is 12.8 Å². The minimum absolute atomic E-state index is 0.527. The number of aromatic amines is 1. The van der Waals surface area contributed by atoms with E-state index >= 15 is 0 Å². The van der Waals surface area contributed by atoms with E-state index in [0.29, 0.717) is 18.1 Å². The number of hydrogen-bond donors (Lipinski definition) is 3. The van der Waals surface area contributed by atoms with Crippen LogP contribution in [0.15, 0.2) is 27.8 Å². The molecule has 3 rings (SSSR count). The minimum atomic E-state index is 0.527. The SMILES string of the molecule is CN=C(NCCCN1CCCCCC1)NCc1nc(-c2ccco2)n[nH]1. The maximum Gasteiger partial charge on any atom is 0.216 e. The molecule has 26 heavy (non-hydrogen) atoms. The van der Waals surface area contributed by atoms with Crippen LogP contribution in [0.25, 0.3) is 11.6 Å². The third kappa shape index (κ3) is 5.59. The van der Waals surface area contributed by atoms with Gasteiger partial charge in [0.2, 0.25) is 5.82 Å². The third-order valence-electron chi connectivity index (χ3n) is 4.56. The van der Waals surface area contributed by atoms with Gasteiger partial charge in [0.25, 0.3) is 0 Å². The summed E-state index contributed by atoms with van der Waals surface area (Å²) >= 11 is 0. The van der Waals surface area contributed by atoms with Gasteiger partial charge in [-0.05, 0) is 51.0 Å². The van der Waals surface area contributed by atoms with Gasteiger partial charge in [0.15, 0.2) is 11.7 Å². The largest absolute Gasteiger partial charge is 0.461 e. The highest BCUT2D eigenvalue weighted by molar-refractivity contribution is 5.79. The number of furan rings is 1. The zero-order valence-electron chi connectivity index (χ0n) is 15.5. The molecule has 0 radical (unpaired) electrons. The lowest BCUT2D eigenvalue weighted by molar-refractivity contribution is 0.282. The van der Waals surface area contributed by atoms with Crippen LogP contribution in [0, 0.1) is 0 Å². The minimum Gasteiger partial charge on any atom is -0.461 e. The second-order valence-electron chi connectivity index (χ2n) is 6.54. The number of likely N-dealkylation sites (tertiary alicyclic amines) is 1. The summed E-state index contributed by atoms with van der Waals surface area (Å²) in [4.78, 5) is 11.3. The highest BCUT2D eigenvalue weighted by Crippen LogP contribution is 2.14. The fourth-order valence-electron chi connectivity index (χ4n) is 3.15. The van der Waals surface area contributed by atoms with Crippen molar-refractivity contribution >= 4 is 5.96 Å². The molecule has 0 bridgehead atoms. The Labute approximate surface area is 154 Å². The van der Waals surface area contributed by atoms with Crippen molar-refractivity contribution in [3.63, 3.8) is 0 Å². The number of guanidine groups is 1. The van der Waals surface area contributed by atoms with Crippen molar-refractivity contribution in [2.24, 2.45) is 4.99 Å². The van der Waals surface area contributed by atoms with Crippen LogP contribution in [0.5, 0.6) is 0 Å². The number of hydrogen-bond acceptors (Lipinski definition) is 5. The van der Waals surface area contributed by atoms with Gasteiger partial charge in [-0.15, -0.1) is 5.10 Å². The number of nitrogens with one attached hydrogen (secondary N) is 3. The Morgan fingerprint density at radius 2 is 2.12 bits per heavy atom. The van der Waals surface area contributed by atoms with Crippen LogP contribution >= 0.6 is 0 Å². The number of nitrogens with zero attached hydrogens (tertiary/aromatic N) is 4. The molecule has 1 aliphatic heterocycles. The van der Waals surface area contributed by atoms with Crippen molar-refractivity contribution in [2.45, 2.75) is 38.6 Å². The monoisotopic (exact) mass is 359 g/mol. The van der Waals surface area contributed by atoms with Crippen LogP contribution in [0.3, 0.4) is 0 Å². The molecule has 1 aliphatic rings. The molecule has 0 amide bonds. The van der Waals surface area contributed by atoms with Crippen LogP contribution in [0.4, 0.5) is 0 Å². The Bertz CT molecular complexity index is 657. The second kappa shape index (κ2) is 9.96. The first kappa shape index (κ1) is 18.4. The van der Waals surface area contributed by atoms with Gasteiger partial charge < -0.3 is 20.0 Å². The van der Waals surface area contributed by atoms with Crippen molar-refractivity contribution < 1.29 is 4.42 Å². The van der Waals surface area contributed by atoms with E-state index in [0.717, 1.165) is 31.3 Å². The van der Waals surface area contributed by atoms with E-state index in [1.54, 1.807) is 13.3 Å². The summed E-state index contributed by atoms with van der Waals surface area (Å²) in [6.07, 6.45) is 8.18. The first-order chi connectivity index (χ1) is 12.8. The average molecular weight is 359 g/mol. The normalized spacial score (nSPS) is 16.4. The van der Waals surface area contributed by atoms with E-state index in [1.165, 1.54) is 38.8 Å². The average Bonchev–Trinajstić information content (AvgIpc) is 3.29. The molecular formula is C18H29N7O. The van der Waals surface area contributed by atoms with Crippen molar-refractivity contribution in [1.82, 2.24) is 30.7 Å². The molecule has 142 valence electrons. The van der Waals surface area contributed by atoms with E-state index in [-0.39, 0.29) is 0 Å². The van der Waals surface area contributed by atoms with Crippen LogP contribution in [-0.4, -0.2) is 59.3 Å². The van der Waals surface area contributed by atoms with E-state index in [4.69, 9.17) is 4.42 Å². The summed E-state index contributed by atoms with van der Waals surface area (Å²) in [6.45, 7) is 5.08. The fourth-order valence-corrected chi connectivity index (χ4v) is 3.15. The fraction of sp³-hybridized carbons (Fsp3) is 0.611. The predicted molar refractivity (Wildman–Crippen MR) is 102 cm³/mol. The van der Waals surface area contributed by atoms with Crippen molar-refractivity contribution in [3.05, 3.63) is 24.2 Å². The number of H-pyrrole nitrogens is 1. The highest BCUT2D eigenvalue weighted by Gasteiger charge is 2.10. The first-order valence-electron chi connectivity index (χ1n) is 9.47. The van der Waals surface area contributed by atoms with E-state index < -0.39 is 0 Å². The molecule has 2 aromatic heterocycles. The lowest BCUT2D eigenvalue weighted by Gasteiger charge is -2.20. The molecule has 0 aliphatic carbocycles. The first-order valence-corrected chi connectivity index (χ1v) is 9.47. The Hall–Kier alpha value is -2.35. The van der Waals surface area contributed by atoms with Gasteiger partial charge in [-0.3, -0.25) is 10.1 Å². The zero-order chi connectivity index (χ0) is 18.0. The summed E-state index contributed by atoms with van der Waals surface area (Å²) in [5, 5.41) is 13.7. The van der Waals surface area contributed by atoms with Crippen LogP contribution < -0.4 is 10.6 Å². The second-order valence-corrected chi connectivity index (χ2v) is 6.54. The van der Waals surface area contributed by atoms with Gasteiger partial charge in [0, 0.05) is 13.6 Å². The molecule has 0 unspecified atom stereocenters. The Morgan fingerprint density at radius 3 is 2.85 bits per heavy atom. The van der Waals surface area contributed by atoms with Crippen LogP contribution in [0.1, 0.15) is 37.9 Å². The van der Waals surface area contributed by atoms with Crippen LogP contribution in [-0.2, 0) is 6.54 Å². The number of rotatable bonds is 7. The summed E-state index contributed by atoms with van der Waals surface area (Å²) in [6, 6.07) is 3.66. The maximum atomic E-state index is 5.30. The molecule has 0 atom stereocenters. The molecular weight excluding hydrogens is 330 g/mol. The molecule has 8 heteroatoms. The maximum absolute atomic E-state index is 5.30. The van der Waals surface area contributed by atoms with Gasteiger partial charge in [0.05, 0.1) is 12.8 Å². The van der Waals surface area contributed by atoms with Crippen molar-refractivity contribution in [1.29, 1.82) is 0 Å². The van der Waals surface area contributed by atoms with Gasteiger partial charge in [-0.25, -0.2) is 4.98 Å². The van der Waals surface area contributed by atoms with Gasteiger partial charge in [-0.2, -0.15) is 0 Å². The molecule has 1 saturated heterocycles. The summed E-state index contributed by atoms with van der Waals surface area (Å²) < 4.78 is 5.30. The topological polar surface area (TPSA) is 94.4 Å². The molecule has 0 aromatic carbocycles. The Morgan fingerprint density at radius 1 is 1.27 bits per heavy atom. The molecule has 0 spiro atoms. The molecule has 1 fully saturated rings.